The normalized spacial score (nSPS) is 14.6. The van der Waals surface area contributed by atoms with Crippen molar-refractivity contribution in [2.45, 2.75) is 24.7 Å². The second kappa shape index (κ2) is 6.99. The zero-order valence-electron chi connectivity index (χ0n) is 15.0. The molecule has 2 aromatic rings. The number of carbonyl (C=O) groups is 1. The highest BCUT2D eigenvalue weighted by molar-refractivity contribution is 7.92. The number of likely N-dealkylation sites (N-methyl/N-ethyl adjacent to an activating group) is 1. The van der Waals surface area contributed by atoms with Crippen LogP contribution in [0.25, 0.3) is 0 Å². The maximum absolute atomic E-state index is 12.6. The Labute approximate surface area is 153 Å². The number of nitrogens with one attached hydrogen (secondary N) is 1. The molecule has 2 aromatic carbocycles. The first kappa shape index (κ1) is 18.3. The van der Waals surface area contributed by atoms with Gasteiger partial charge in [0.15, 0.2) is 0 Å². The van der Waals surface area contributed by atoms with Crippen LogP contribution in [0.5, 0.6) is 5.75 Å². The summed E-state index contributed by atoms with van der Waals surface area (Å²) in [5.74, 6) is 0.593. The fourth-order valence-electron chi connectivity index (χ4n) is 2.73. The number of hydrogen-bond acceptors (Lipinski definition) is 4. The second-order valence-corrected chi connectivity index (χ2v) is 8.30. The molecular formula is C19H22N2O4S. The van der Waals surface area contributed by atoms with Gasteiger partial charge in [0.25, 0.3) is 15.9 Å². The second-order valence-electron chi connectivity index (χ2n) is 6.62. The lowest BCUT2D eigenvalue weighted by Gasteiger charge is -2.14. The van der Waals surface area contributed by atoms with Gasteiger partial charge in [0, 0.05) is 12.7 Å². The molecule has 0 aromatic heterocycles. The fraction of sp³-hybridized carbons (Fsp3) is 0.316. The highest BCUT2D eigenvalue weighted by Gasteiger charge is 2.22. The van der Waals surface area contributed by atoms with Crippen molar-refractivity contribution in [2.75, 3.05) is 24.9 Å². The smallest absolute Gasteiger partial charge is 0.261 e. The van der Waals surface area contributed by atoms with Crippen LogP contribution in [0.4, 0.5) is 5.69 Å². The standard InChI is InChI=1S/C19H22N2O4S/c1-13(2)14-4-7-16(8-5-14)26(23,24)20-15-6-9-18-17(12-15)19(22)21(3)10-11-25-18/h4-9,12-13,20H,10-11H2,1-3H3. The maximum Gasteiger partial charge on any atom is 0.261 e. The molecular weight excluding hydrogens is 352 g/mol. The number of nitrogens with zero attached hydrogens (tertiary/aromatic N) is 1. The minimum atomic E-state index is -3.74. The van der Waals surface area contributed by atoms with E-state index in [1.54, 1.807) is 36.2 Å². The summed E-state index contributed by atoms with van der Waals surface area (Å²) < 4.78 is 33.3. The Morgan fingerprint density at radius 2 is 1.81 bits per heavy atom. The Morgan fingerprint density at radius 1 is 1.12 bits per heavy atom. The van der Waals surface area contributed by atoms with E-state index >= 15 is 0 Å². The summed E-state index contributed by atoms with van der Waals surface area (Å²) >= 11 is 0. The Morgan fingerprint density at radius 3 is 2.46 bits per heavy atom. The summed E-state index contributed by atoms with van der Waals surface area (Å²) in [6, 6.07) is 11.5. The first-order valence-electron chi connectivity index (χ1n) is 8.43. The summed E-state index contributed by atoms with van der Waals surface area (Å²) in [5.41, 5.74) is 1.74. The van der Waals surface area contributed by atoms with Crippen LogP contribution >= 0.6 is 0 Å². The van der Waals surface area contributed by atoms with Crippen molar-refractivity contribution in [1.82, 2.24) is 4.90 Å². The molecule has 1 heterocycles. The topological polar surface area (TPSA) is 75.7 Å². The quantitative estimate of drug-likeness (QED) is 0.892. The lowest BCUT2D eigenvalue weighted by Crippen LogP contribution is -2.27. The number of sulfonamides is 1. The van der Waals surface area contributed by atoms with Crippen LogP contribution in [0, 0.1) is 0 Å². The van der Waals surface area contributed by atoms with E-state index < -0.39 is 10.0 Å². The molecule has 6 nitrogen and oxygen atoms in total. The van der Waals surface area contributed by atoms with E-state index in [1.165, 1.54) is 6.07 Å². The van der Waals surface area contributed by atoms with Crippen LogP contribution in [0.1, 0.15) is 35.7 Å². The number of carbonyl (C=O) groups excluding carboxylic acids is 1. The van der Waals surface area contributed by atoms with E-state index in [4.69, 9.17) is 4.74 Å². The number of ether oxygens (including phenoxy) is 1. The molecule has 0 saturated heterocycles. The maximum atomic E-state index is 12.6. The first-order chi connectivity index (χ1) is 12.3. The van der Waals surface area contributed by atoms with Crippen LogP contribution in [0.15, 0.2) is 47.4 Å². The average molecular weight is 374 g/mol. The summed E-state index contributed by atoms with van der Waals surface area (Å²) in [6.07, 6.45) is 0. The molecule has 0 aliphatic carbocycles. The Kier molecular flexibility index (Phi) is 4.91. The number of anilines is 1. The Hall–Kier alpha value is -2.54. The largest absolute Gasteiger partial charge is 0.491 e. The van der Waals surface area contributed by atoms with Gasteiger partial charge in [-0.25, -0.2) is 8.42 Å². The zero-order valence-corrected chi connectivity index (χ0v) is 15.8. The van der Waals surface area contributed by atoms with Crippen molar-refractivity contribution in [3.63, 3.8) is 0 Å². The molecule has 7 heteroatoms. The molecule has 1 N–H and O–H groups in total. The third-order valence-electron chi connectivity index (χ3n) is 4.35. The van der Waals surface area contributed by atoms with E-state index in [0.29, 0.717) is 36.1 Å². The van der Waals surface area contributed by atoms with Crippen molar-refractivity contribution in [3.05, 3.63) is 53.6 Å². The van der Waals surface area contributed by atoms with Gasteiger partial charge in [-0.15, -0.1) is 0 Å². The third kappa shape index (κ3) is 3.67. The number of benzene rings is 2. The molecule has 0 atom stereocenters. The summed E-state index contributed by atoms with van der Waals surface area (Å²) in [6.45, 7) is 4.99. The van der Waals surface area contributed by atoms with Crippen LogP contribution in [0.2, 0.25) is 0 Å². The number of hydrogen-bond donors (Lipinski definition) is 1. The Balaban J connectivity index is 1.88. The van der Waals surface area contributed by atoms with Gasteiger partial charge in [-0.2, -0.15) is 0 Å². The monoisotopic (exact) mass is 374 g/mol. The van der Waals surface area contributed by atoms with Gasteiger partial charge in [0.2, 0.25) is 0 Å². The summed E-state index contributed by atoms with van der Waals surface area (Å²) in [4.78, 5) is 14.1. The predicted octanol–water partition coefficient (Wildman–Crippen LogP) is 3.08. The molecule has 1 aliphatic heterocycles. The van der Waals surface area contributed by atoms with Gasteiger partial charge in [-0.1, -0.05) is 26.0 Å². The Bertz CT molecular complexity index is 921. The predicted molar refractivity (Wildman–Crippen MR) is 100 cm³/mol. The lowest BCUT2D eigenvalue weighted by atomic mass is 10.0. The molecule has 0 radical (unpaired) electrons. The van der Waals surface area contributed by atoms with Crippen molar-refractivity contribution >= 4 is 21.6 Å². The van der Waals surface area contributed by atoms with Crippen molar-refractivity contribution in [1.29, 1.82) is 0 Å². The minimum absolute atomic E-state index is 0.177. The van der Waals surface area contributed by atoms with Crippen molar-refractivity contribution in [2.24, 2.45) is 0 Å². The molecule has 0 spiro atoms. The van der Waals surface area contributed by atoms with Gasteiger partial charge < -0.3 is 9.64 Å². The minimum Gasteiger partial charge on any atom is -0.491 e. The van der Waals surface area contributed by atoms with Crippen LogP contribution in [0.3, 0.4) is 0 Å². The molecule has 0 bridgehead atoms. The van der Waals surface area contributed by atoms with Crippen LogP contribution < -0.4 is 9.46 Å². The van der Waals surface area contributed by atoms with Crippen LogP contribution in [-0.4, -0.2) is 39.4 Å². The average Bonchev–Trinajstić information content (AvgIpc) is 2.74. The zero-order chi connectivity index (χ0) is 18.9. The van der Waals surface area contributed by atoms with E-state index in [-0.39, 0.29) is 10.8 Å². The third-order valence-corrected chi connectivity index (χ3v) is 5.75. The van der Waals surface area contributed by atoms with E-state index in [9.17, 15) is 13.2 Å². The van der Waals surface area contributed by atoms with Gasteiger partial charge in [0.1, 0.15) is 12.4 Å². The molecule has 0 fully saturated rings. The molecule has 0 saturated carbocycles. The molecule has 3 rings (SSSR count). The van der Waals surface area contributed by atoms with Crippen molar-refractivity contribution in [3.8, 4) is 5.75 Å². The van der Waals surface area contributed by atoms with Gasteiger partial charge in [0.05, 0.1) is 17.0 Å². The van der Waals surface area contributed by atoms with E-state index in [1.807, 2.05) is 26.0 Å². The molecule has 0 unspecified atom stereocenters. The molecule has 1 amide bonds. The fourth-order valence-corrected chi connectivity index (χ4v) is 3.78. The molecule has 26 heavy (non-hydrogen) atoms. The van der Waals surface area contributed by atoms with Gasteiger partial charge in [-0.3, -0.25) is 9.52 Å². The number of rotatable bonds is 4. The number of amides is 1. The SMILES string of the molecule is CC(C)c1ccc(S(=O)(=O)Nc2ccc3c(c2)C(=O)N(C)CCO3)cc1. The lowest BCUT2D eigenvalue weighted by molar-refractivity contribution is 0.0796. The molecule has 1 aliphatic rings. The summed E-state index contributed by atoms with van der Waals surface area (Å²) in [5, 5.41) is 0. The van der Waals surface area contributed by atoms with E-state index in [0.717, 1.165) is 5.56 Å². The number of fused-ring (bicyclic) bond motifs is 1. The first-order valence-corrected chi connectivity index (χ1v) is 9.91. The van der Waals surface area contributed by atoms with Crippen LogP contribution in [-0.2, 0) is 10.0 Å². The van der Waals surface area contributed by atoms with Crippen molar-refractivity contribution < 1.29 is 17.9 Å². The van der Waals surface area contributed by atoms with Gasteiger partial charge in [-0.05, 0) is 41.8 Å². The highest BCUT2D eigenvalue weighted by Crippen LogP contribution is 2.27. The van der Waals surface area contributed by atoms with E-state index in [2.05, 4.69) is 4.72 Å². The van der Waals surface area contributed by atoms with Gasteiger partial charge >= 0.3 is 0 Å². The highest BCUT2D eigenvalue weighted by atomic mass is 32.2. The summed E-state index contributed by atoms with van der Waals surface area (Å²) in [7, 11) is -2.05. The molecule has 138 valence electrons.